The van der Waals surface area contributed by atoms with E-state index in [-0.39, 0.29) is 5.78 Å². The summed E-state index contributed by atoms with van der Waals surface area (Å²) in [4.78, 5) is 25.6. The van der Waals surface area contributed by atoms with Crippen LogP contribution in [-0.2, 0) is 14.3 Å². The number of hydrogen-bond acceptors (Lipinski definition) is 4. The van der Waals surface area contributed by atoms with Gasteiger partial charge in [-0.3, -0.25) is 9.59 Å². The molecule has 1 heterocycles. The molecule has 0 unspecified atom stereocenters. The van der Waals surface area contributed by atoms with Gasteiger partial charge in [-0.05, 0) is 44.4 Å². The van der Waals surface area contributed by atoms with Gasteiger partial charge in [-0.15, -0.1) is 0 Å². The highest BCUT2D eigenvalue weighted by atomic mass is 16.5. The van der Waals surface area contributed by atoms with Gasteiger partial charge in [0.25, 0.3) is 0 Å². The molecule has 1 aromatic rings. The molecule has 0 N–H and O–H groups in total. The Morgan fingerprint density at radius 2 is 1.65 bits per heavy atom. The van der Waals surface area contributed by atoms with Gasteiger partial charge in [-0.1, -0.05) is 31.4 Å². The molecule has 1 saturated carbocycles. The fraction of sp³-hybridized carbons (Fsp3) is 0.579. The molecule has 0 aromatic heterocycles. The quantitative estimate of drug-likeness (QED) is 0.614. The van der Waals surface area contributed by atoms with E-state index in [9.17, 15) is 9.59 Å². The minimum atomic E-state index is -1.06. The van der Waals surface area contributed by atoms with E-state index in [0.29, 0.717) is 0 Å². The van der Waals surface area contributed by atoms with Crippen molar-refractivity contribution in [1.82, 2.24) is 0 Å². The fourth-order valence-electron chi connectivity index (χ4n) is 4.04. The molecular formula is C19H24O4. The van der Waals surface area contributed by atoms with Gasteiger partial charge < -0.3 is 9.47 Å². The molecular weight excluding hydrogens is 292 g/mol. The Kier molecular flexibility index (Phi) is 3.95. The van der Waals surface area contributed by atoms with Gasteiger partial charge >= 0.3 is 5.97 Å². The third-order valence-electron chi connectivity index (χ3n) is 5.42. The number of cyclic esters (lactones) is 1. The van der Waals surface area contributed by atoms with Crippen LogP contribution in [0.5, 0.6) is 5.75 Å². The molecule has 2 fully saturated rings. The summed E-state index contributed by atoms with van der Waals surface area (Å²) in [5, 5.41) is 0. The van der Waals surface area contributed by atoms with Crippen molar-refractivity contribution in [3.8, 4) is 5.75 Å². The standard InChI is InChI=1S/C19H24O4/c1-18(2)16(20)19(11-5-4-6-12-19)15(23-17(18)21)13-7-9-14(22-3)10-8-13/h7-10,15H,4-6,11-12H2,1-3H3/t15-/m1/s1. The minimum Gasteiger partial charge on any atom is -0.497 e. The monoisotopic (exact) mass is 316 g/mol. The molecule has 1 aliphatic carbocycles. The highest BCUT2D eigenvalue weighted by Gasteiger charge is 2.60. The zero-order chi connectivity index (χ0) is 16.7. The topological polar surface area (TPSA) is 52.6 Å². The number of ketones is 1. The van der Waals surface area contributed by atoms with Gasteiger partial charge in [-0.2, -0.15) is 0 Å². The zero-order valence-electron chi connectivity index (χ0n) is 14.1. The Bertz CT molecular complexity index is 609. The summed E-state index contributed by atoms with van der Waals surface area (Å²) in [6, 6.07) is 7.51. The van der Waals surface area contributed by atoms with E-state index >= 15 is 0 Å². The smallest absolute Gasteiger partial charge is 0.319 e. The van der Waals surface area contributed by atoms with Crippen LogP contribution < -0.4 is 4.74 Å². The molecule has 0 radical (unpaired) electrons. The van der Waals surface area contributed by atoms with Crippen LogP contribution in [0, 0.1) is 10.8 Å². The predicted octanol–water partition coefficient (Wildman–Crippen LogP) is 3.84. The Balaban J connectivity index is 2.04. The highest BCUT2D eigenvalue weighted by Crippen LogP contribution is 2.55. The van der Waals surface area contributed by atoms with Gasteiger partial charge in [0.15, 0.2) is 5.78 Å². The molecule has 124 valence electrons. The van der Waals surface area contributed by atoms with Gasteiger partial charge in [0.05, 0.1) is 12.5 Å². The number of rotatable bonds is 2. The molecule has 0 amide bonds. The third-order valence-corrected chi connectivity index (χ3v) is 5.42. The lowest BCUT2D eigenvalue weighted by Crippen LogP contribution is -2.55. The maximum absolute atomic E-state index is 13.2. The lowest BCUT2D eigenvalue weighted by molar-refractivity contribution is -0.192. The normalized spacial score (nSPS) is 26.0. The van der Waals surface area contributed by atoms with E-state index in [2.05, 4.69) is 0 Å². The first-order valence-electron chi connectivity index (χ1n) is 8.32. The number of methoxy groups -OCH3 is 1. The molecule has 4 nitrogen and oxygen atoms in total. The summed E-state index contributed by atoms with van der Waals surface area (Å²) in [7, 11) is 1.62. The van der Waals surface area contributed by atoms with Crippen molar-refractivity contribution in [3.05, 3.63) is 29.8 Å². The predicted molar refractivity (Wildman–Crippen MR) is 86.1 cm³/mol. The van der Waals surface area contributed by atoms with Gasteiger partial charge in [0, 0.05) is 0 Å². The van der Waals surface area contributed by atoms with Gasteiger partial charge in [0.2, 0.25) is 0 Å². The summed E-state index contributed by atoms with van der Waals surface area (Å²) in [6.45, 7) is 3.39. The third kappa shape index (κ3) is 2.44. The summed E-state index contributed by atoms with van der Waals surface area (Å²) < 4.78 is 11.0. The molecule has 4 heteroatoms. The average Bonchev–Trinajstić information content (AvgIpc) is 2.58. The van der Waals surface area contributed by atoms with Crippen molar-refractivity contribution in [2.24, 2.45) is 10.8 Å². The first kappa shape index (κ1) is 16.0. The average molecular weight is 316 g/mol. The Morgan fingerprint density at radius 1 is 1.04 bits per heavy atom. The lowest BCUT2D eigenvalue weighted by atomic mass is 9.59. The van der Waals surface area contributed by atoms with Crippen LogP contribution in [-0.4, -0.2) is 18.9 Å². The van der Waals surface area contributed by atoms with Crippen LogP contribution in [0.2, 0.25) is 0 Å². The Hall–Kier alpha value is -1.84. The van der Waals surface area contributed by atoms with Crippen LogP contribution in [0.15, 0.2) is 24.3 Å². The first-order valence-corrected chi connectivity index (χ1v) is 8.32. The molecule has 1 spiro atoms. The van der Waals surface area contributed by atoms with Gasteiger partial charge in [-0.25, -0.2) is 0 Å². The van der Waals surface area contributed by atoms with Gasteiger partial charge in [0.1, 0.15) is 17.3 Å². The number of carbonyl (C=O) groups excluding carboxylic acids is 2. The first-order chi connectivity index (χ1) is 10.9. The maximum Gasteiger partial charge on any atom is 0.319 e. The summed E-state index contributed by atoms with van der Waals surface area (Å²) in [5.41, 5.74) is -0.755. The van der Waals surface area contributed by atoms with Crippen molar-refractivity contribution >= 4 is 11.8 Å². The van der Waals surface area contributed by atoms with Crippen LogP contribution in [0.1, 0.15) is 57.6 Å². The second-order valence-electron chi connectivity index (χ2n) is 7.23. The Morgan fingerprint density at radius 3 is 2.22 bits per heavy atom. The SMILES string of the molecule is COc1ccc([C@H]2OC(=O)C(C)(C)C(=O)C23CCCCC3)cc1. The van der Waals surface area contributed by atoms with Crippen molar-refractivity contribution in [2.45, 2.75) is 52.1 Å². The second kappa shape index (κ2) is 5.66. The van der Waals surface area contributed by atoms with Crippen molar-refractivity contribution in [3.63, 3.8) is 0 Å². The van der Waals surface area contributed by atoms with Crippen molar-refractivity contribution in [2.75, 3.05) is 7.11 Å². The molecule has 1 aromatic carbocycles. The van der Waals surface area contributed by atoms with Crippen LogP contribution in [0.4, 0.5) is 0 Å². The van der Waals surface area contributed by atoms with Crippen LogP contribution in [0.3, 0.4) is 0 Å². The summed E-state index contributed by atoms with van der Waals surface area (Å²) in [6.07, 6.45) is 4.25. The number of Topliss-reactive ketones (excluding diaryl/α,β-unsaturated/α-hetero) is 1. The summed E-state index contributed by atoms with van der Waals surface area (Å²) >= 11 is 0. The number of hydrogen-bond donors (Lipinski definition) is 0. The van der Waals surface area contributed by atoms with E-state index in [1.54, 1.807) is 21.0 Å². The molecule has 2 aliphatic rings. The van der Waals surface area contributed by atoms with Crippen molar-refractivity contribution < 1.29 is 19.1 Å². The number of esters is 1. The summed E-state index contributed by atoms with van der Waals surface area (Å²) in [5.74, 6) is 0.376. The van der Waals surface area contributed by atoms with E-state index in [4.69, 9.17) is 9.47 Å². The van der Waals surface area contributed by atoms with Crippen molar-refractivity contribution in [1.29, 1.82) is 0 Å². The highest BCUT2D eigenvalue weighted by molar-refractivity contribution is 6.08. The number of carbonyl (C=O) groups is 2. The minimum absolute atomic E-state index is 0.0433. The van der Waals surface area contributed by atoms with E-state index in [1.165, 1.54) is 0 Å². The maximum atomic E-state index is 13.2. The number of benzene rings is 1. The van der Waals surface area contributed by atoms with Crippen LogP contribution in [0.25, 0.3) is 0 Å². The molecule has 1 atom stereocenters. The molecule has 1 saturated heterocycles. The largest absolute Gasteiger partial charge is 0.497 e. The number of ether oxygens (including phenoxy) is 2. The van der Waals surface area contributed by atoms with E-state index in [0.717, 1.165) is 43.4 Å². The molecule has 23 heavy (non-hydrogen) atoms. The molecule has 0 bridgehead atoms. The zero-order valence-corrected chi connectivity index (χ0v) is 14.1. The lowest BCUT2D eigenvalue weighted by Gasteiger charge is -2.49. The fourth-order valence-corrected chi connectivity index (χ4v) is 4.04. The molecule has 3 rings (SSSR count). The second-order valence-corrected chi connectivity index (χ2v) is 7.23. The molecule has 1 aliphatic heterocycles. The Labute approximate surface area is 137 Å². The van der Waals surface area contributed by atoms with Crippen LogP contribution >= 0.6 is 0 Å². The van der Waals surface area contributed by atoms with E-state index in [1.807, 2.05) is 24.3 Å². The van der Waals surface area contributed by atoms with E-state index < -0.39 is 22.9 Å².